The molecular weight excluding hydrogens is 261 g/mol. The Labute approximate surface area is 117 Å². The van der Waals surface area contributed by atoms with E-state index in [2.05, 4.69) is 15.5 Å². The Morgan fingerprint density at radius 3 is 2.85 bits per heavy atom. The van der Waals surface area contributed by atoms with Crippen LogP contribution in [-0.2, 0) is 11.2 Å². The van der Waals surface area contributed by atoms with Gasteiger partial charge < -0.3 is 14.6 Å². The molecule has 1 unspecified atom stereocenters. The summed E-state index contributed by atoms with van der Waals surface area (Å²) in [6, 6.07) is 4.78. The van der Waals surface area contributed by atoms with Gasteiger partial charge in [-0.2, -0.15) is 4.98 Å². The zero-order valence-corrected chi connectivity index (χ0v) is 11.8. The highest BCUT2D eigenvalue weighted by Gasteiger charge is 2.14. The van der Waals surface area contributed by atoms with Crippen LogP contribution in [-0.4, -0.2) is 36.9 Å². The lowest BCUT2D eigenvalue weighted by Crippen LogP contribution is -2.32. The highest BCUT2D eigenvalue weighted by Crippen LogP contribution is 2.19. The Kier molecular flexibility index (Phi) is 4.81. The molecule has 1 aromatic carbocycles. The maximum absolute atomic E-state index is 13.4. The fourth-order valence-corrected chi connectivity index (χ4v) is 1.98. The highest BCUT2D eigenvalue weighted by atomic mass is 19.1. The molecule has 2 rings (SSSR count). The van der Waals surface area contributed by atoms with Gasteiger partial charge in [-0.25, -0.2) is 4.39 Å². The third kappa shape index (κ3) is 3.61. The summed E-state index contributed by atoms with van der Waals surface area (Å²) in [5.41, 5.74) is 1.43. The lowest BCUT2D eigenvalue weighted by Gasteiger charge is -2.11. The molecule has 1 N–H and O–H groups in total. The van der Waals surface area contributed by atoms with Crippen LogP contribution >= 0.6 is 0 Å². The predicted molar refractivity (Wildman–Crippen MR) is 72.9 cm³/mol. The number of methoxy groups -OCH3 is 1. The number of hydrogen-bond donors (Lipinski definition) is 1. The van der Waals surface area contributed by atoms with Crippen LogP contribution in [0.2, 0.25) is 0 Å². The molecule has 5 nitrogen and oxygen atoms in total. The van der Waals surface area contributed by atoms with Gasteiger partial charge in [0.1, 0.15) is 5.82 Å². The summed E-state index contributed by atoms with van der Waals surface area (Å²) >= 11 is 0. The quantitative estimate of drug-likeness (QED) is 0.876. The molecule has 0 bridgehead atoms. The zero-order valence-electron chi connectivity index (χ0n) is 11.8. The lowest BCUT2D eigenvalue weighted by atomic mass is 10.1. The molecule has 0 aliphatic heterocycles. The smallest absolute Gasteiger partial charge is 0.228 e. The number of aryl methyl sites for hydroxylation is 1. The molecule has 0 spiro atoms. The van der Waals surface area contributed by atoms with Crippen molar-refractivity contribution in [2.45, 2.75) is 19.4 Å². The van der Waals surface area contributed by atoms with Gasteiger partial charge in [0.25, 0.3) is 0 Å². The van der Waals surface area contributed by atoms with Crippen LogP contribution in [0.5, 0.6) is 0 Å². The number of aromatic nitrogens is 2. The number of rotatable bonds is 6. The Morgan fingerprint density at radius 2 is 2.20 bits per heavy atom. The van der Waals surface area contributed by atoms with E-state index in [0.29, 0.717) is 30.3 Å². The van der Waals surface area contributed by atoms with E-state index in [9.17, 15) is 4.39 Å². The SMILES string of the molecule is CNC(COC)Cc1nc(-c2cc(C)cc(F)c2)no1. The van der Waals surface area contributed by atoms with Crippen molar-refractivity contribution in [1.82, 2.24) is 15.5 Å². The van der Waals surface area contributed by atoms with Crippen LogP contribution < -0.4 is 5.32 Å². The van der Waals surface area contributed by atoms with Crippen LogP contribution in [0.25, 0.3) is 11.4 Å². The van der Waals surface area contributed by atoms with Gasteiger partial charge >= 0.3 is 0 Å². The van der Waals surface area contributed by atoms with Crippen LogP contribution in [0, 0.1) is 12.7 Å². The maximum atomic E-state index is 13.4. The summed E-state index contributed by atoms with van der Waals surface area (Å²) in [6.45, 7) is 2.37. The standard InChI is InChI=1S/C14H18FN3O2/c1-9-4-10(6-11(15)5-9)14-17-13(20-18-14)7-12(16-2)8-19-3/h4-6,12,16H,7-8H2,1-3H3. The third-order valence-electron chi connectivity index (χ3n) is 2.97. The van der Waals surface area contributed by atoms with E-state index in [1.54, 1.807) is 7.11 Å². The van der Waals surface area contributed by atoms with Crippen molar-refractivity contribution in [2.24, 2.45) is 0 Å². The van der Waals surface area contributed by atoms with E-state index in [0.717, 1.165) is 5.56 Å². The number of halogens is 1. The first kappa shape index (κ1) is 14.6. The number of ether oxygens (including phenoxy) is 1. The molecule has 0 fully saturated rings. The van der Waals surface area contributed by atoms with Gasteiger partial charge in [0.15, 0.2) is 0 Å². The predicted octanol–water partition coefficient (Wildman–Crippen LogP) is 1.96. The molecule has 0 radical (unpaired) electrons. The van der Waals surface area contributed by atoms with E-state index in [1.165, 1.54) is 12.1 Å². The van der Waals surface area contributed by atoms with Crippen molar-refractivity contribution in [2.75, 3.05) is 20.8 Å². The molecule has 0 saturated heterocycles. The van der Waals surface area contributed by atoms with E-state index in [-0.39, 0.29) is 11.9 Å². The van der Waals surface area contributed by atoms with Gasteiger partial charge in [-0.05, 0) is 37.7 Å². The van der Waals surface area contributed by atoms with E-state index >= 15 is 0 Å². The summed E-state index contributed by atoms with van der Waals surface area (Å²) in [5, 5.41) is 7.00. The Balaban J connectivity index is 2.15. The molecule has 1 aromatic heterocycles. The average Bonchev–Trinajstić information content (AvgIpc) is 2.85. The largest absolute Gasteiger partial charge is 0.383 e. The van der Waals surface area contributed by atoms with Gasteiger partial charge in [0.2, 0.25) is 11.7 Å². The van der Waals surface area contributed by atoms with E-state index < -0.39 is 0 Å². The average molecular weight is 279 g/mol. The van der Waals surface area contributed by atoms with Crippen LogP contribution in [0.1, 0.15) is 11.5 Å². The second kappa shape index (κ2) is 6.58. The van der Waals surface area contributed by atoms with Crippen molar-refractivity contribution in [3.05, 3.63) is 35.5 Å². The summed E-state index contributed by atoms with van der Waals surface area (Å²) in [4.78, 5) is 4.29. The molecule has 1 atom stereocenters. The first-order chi connectivity index (χ1) is 9.62. The van der Waals surface area contributed by atoms with E-state index in [1.807, 2.05) is 20.0 Å². The van der Waals surface area contributed by atoms with Crippen LogP contribution in [0.15, 0.2) is 22.7 Å². The molecule has 108 valence electrons. The van der Waals surface area contributed by atoms with Gasteiger partial charge in [0, 0.05) is 25.1 Å². The second-order valence-electron chi connectivity index (χ2n) is 4.67. The minimum atomic E-state index is -0.307. The fraction of sp³-hybridized carbons (Fsp3) is 0.429. The van der Waals surface area contributed by atoms with Gasteiger partial charge in [-0.1, -0.05) is 5.16 Å². The van der Waals surface area contributed by atoms with Gasteiger partial charge in [0.05, 0.1) is 6.61 Å². The summed E-state index contributed by atoms with van der Waals surface area (Å²) < 4.78 is 23.7. The van der Waals surface area contributed by atoms with Crippen molar-refractivity contribution >= 4 is 0 Å². The minimum Gasteiger partial charge on any atom is -0.383 e. The van der Waals surface area contributed by atoms with Gasteiger partial charge in [-0.15, -0.1) is 0 Å². The Hall–Kier alpha value is -1.79. The van der Waals surface area contributed by atoms with Crippen LogP contribution in [0.4, 0.5) is 4.39 Å². The molecule has 6 heteroatoms. The Bertz CT molecular complexity index is 551. The second-order valence-corrected chi connectivity index (χ2v) is 4.67. The normalized spacial score (nSPS) is 12.6. The van der Waals surface area contributed by atoms with Crippen molar-refractivity contribution < 1.29 is 13.7 Å². The number of benzene rings is 1. The first-order valence-electron chi connectivity index (χ1n) is 6.38. The first-order valence-corrected chi connectivity index (χ1v) is 6.38. The topological polar surface area (TPSA) is 60.2 Å². The zero-order chi connectivity index (χ0) is 14.5. The molecule has 0 aliphatic carbocycles. The highest BCUT2D eigenvalue weighted by molar-refractivity contribution is 5.55. The maximum Gasteiger partial charge on any atom is 0.228 e. The lowest BCUT2D eigenvalue weighted by molar-refractivity contribution is 0.165. The number of likely N-dealkylation sites (N-methyl/N-ethyl adjacent to an activating group) is 1. The molecule has 0 aliphatic rings. The summed E-state index contributed by atoms with van der Waals surface area (Å²) in [5.74, 6) is 0.590. The molecule has 20 heavy (non-hydrogen) atoms. The van der Waals surface area contributed by atoms with E-state index in [4.69, 9.17) is 9.26 Å². The summed E-state index contributed by atoms with van der Waals surface area (Å²) in [6.07, 6.45) is 0.561. The molecule has 2 aromatic rings. The van der Waals surface area contributed by atoms with Crippen molar-refractivity contribution in [3.8, 4) is 11.4 Å². The summed E-state index contributed by atoms with van der Waals surface area (Å²) in [7, 11) is 3.48. The Morgan fingerprint density at radius 1 is 1.40 bits per heavy atom. The fourth-order valence-electron chi connectivity index (χ4n) is 1.98. The van der Waals surface area contributed by atoms with Crippen molar-refractivity contribution in [3.63, 3.8) is 0 Å². The van der Waals surface area contributed by atoms with Gasteiger partial charge in [-0.3, -0.25) is 0 Å². The molecule has 0 amide bonds. The monoisotopic (exact) mass is 279 g/mol. The third-order valence-corrected chi connectivity index (χ3v) is 2.97. The number of hydrogen-bond acceptors (Lipinski definition) is 5. The number of nitrogens with zero attached hydrogens (tertiary/aromatic N) is 2. The van der Waals surface area contributed by atoms with Crippen LogP contribution in [0.3, 0.4) is 0 Å². The molecule has 1 heterocycles. The molecular formula is C14H18FN3O2. The molecule has 0 saturated carbocycles. The van der Waals surface area contributed by atoms with Crippen molar-refractivity contribution in [1.29, 1.82) is 0 Å². The minimum absolute atomic E-state index is 0.0996. The number of nitrogens with one attached hydrogen (secondary N) is 1.